The smallest absolute Gasteiger partial charge is 0.307 e. The third kappa shape index (κ3) is 6.27. The van der Waals surface area contributed by atoms with Gasteiger partial charge in [0.05, 0.1) is 6.42 Å². The molecule has 0 unspecified atom stereocenters. The van der Waals surface area contributed by atoms with Crippen molar-refractivity contribution in [2.24, 2.45) is 5.41 Å². The molecule has 0 saturated heterocycles. The minimum Gasteiger partial charge on any atom is -0.486 e. The van der Waals surface area contributed by atoms with E-state index in [0.717, 1.165) is 40.8 Å². The van der Waals surface area contributed by atoms with E-state index in [9.17, 15) is 9.59 Å². The Hall–Kier alpha value is -3.47. The molecule has 0 amide bonds. The predicted octanol–water partition coefficient (Wildman–Crippen LogP) is 7.09. The first kappa shape index (κ1) is 28.1. The normalized spacial score (nSPS) is 11.9. The van der Waals surface area contributed by atoms with Gasteiger partial charge >= 0.3 is 5.97 Å². The third-order valence-electron chi connectivity index (χ3n) is 7.37. The van der Waals surface area contributed by atoms with Gasteiger partial charge in [0.15, 0.2) is 5.78 Å². The summed E-state index contributed by atoms with van der Waals surface area (Å²) in [5, 5.41) is 9.14. The van der Waals surface area contributed by atoms with E-state index >= 15 is 0 Å². The van der Waals surface area contributed by atoms with Gasteiger partial charge in [0.25, 0.3) is 0 Å². The number of carbonyl (C=O) groups excluding carboxylic acids is 1. The van der Waals surface area contributed by atoms with Crippen molar-refractivity contribution in [1.82, 2.24) is 4.98 Å². The Labute approximate surface area is 220 Å². The molecule has 2 aromatic carbocycles. The number of aryl methyl sites for hydroxylation is 2. The van der Waals surface area contributed by atoms with Gasteiger partial charge < -0.3 is 9.84 Å². The number of Topliss-reactive ketones (excluding diaryl/α,β-unsaturated/α-hetero) is 1. The average Bonchev–Trinajstić information content (AvgIpc) is 2.83. The molecule has 0 saturated carbocycles. The second-order valence-corrected chi connectivity index (χ2v) is 10.9. The minimum atomic E-state index is -0.866. The van der Waals surface area contributed by atoms with Gasteiger partial charge in [-0.3, -0.25) is 14.6 Å². The molecular weight excluding hydrogens is 462 g/mol. The van der Waals surface area contributed by atoms with Crippen molar-refractivity contribution >= 4 is 11.8 Å². The molecule has 1 heterocycles. The fourth-order valence-electron chi connectivity index (χ4n) is 4.89. The van der Waals surface area contributed by atoms with Crippen LogP contribution < -0.4 is 4.74 Å². The van der Waals surface area contributed by atoms with Crippen LogP contribution in [-0.2, 0) is 21.4 Å². The molecule has 0 atom stereocenters. The van der Waals surface area contributed by atoms with Crippen LogP contribution in [0.25, 0.3) is 11.1 Å². The third-order valence-corrected chi connectivity index (χ3v) is 7.37. The number of ether oxygens (including phenoxy) is 1. The maximum atomic E-state index is 12.3. The van der Waals surface area contributed by atoms with Gasteiger partial charge in [0, 0.05) is 28.8 Å². The highest BCUT2D eigenvalue weighted by molar-refractivity contribution is 5.85. The van der Waals surface area contributed by atoms with Crippen LogP contribution in [0.3, 0.4) is 0 Å². The van der Waals surface area contributed by atoms with Crippen molar-refractivity contribution in [1.29, 1.82) is 0 Å². The molecule has 0 aliphatic carbocycles. The second-order valence-electron chi connectivity index (χ2n) is 10.9. The number of aliphatic carboxylic acids is 1. The monoisotopic (exact) mass is 501 g/mol. The molecule has 0 aliphatic heterocycles. The number of carboxylic acids is 1. The van der Waals surface area contributed by atoms with E-state index in [-0.39, 0.29) is 24.2 Å². The molecule has 0 bridgehead atoms. The van der Waals surface area contributed by atoms with Crippen LogP contribution in [-0.4, -0.2) is 28.4 Å². The summed E-state index contributed by atoms with van der Waals surface area (Å²) in [5.74, 6) is -0.0522. The first-order valence-electron chi connectivity index (χ1n) is 13.0. The molecule has 0 fully saturated rings. The second kappa shape index (κ2) is 11.3. The van der Waals surface area contributed by atoms with E-state index in [2.05, 4.69) is 56.1 Å². The van der Waals surface area contributed by atoms with Gasteiger partial charge in [0.1, 0.15) is 12.4 Å². The topological polar surface area (TPSA) is 76.5 Å². The van der Waals surface area contributed by atoms with Crippen molar-refractivity contribution in [2.75, 3.05) is 6.61 Å². The van der Waals surface area contributed by atoms with Gasteiger partial charge in [-0.2, -0.15) is 0 Å². The standard InChI is InChI=1S/C32H39NO4/c1-8-32(9-2,26-11-13-28(22(4)15-26)37-20-29(34)31(5,6)7)25-10-12-27(21(3)14-25)24-16-23(17-30(35)36)18-33-19-24/h10-16,18-19H,8-9,17,20H2,1-7H3,(H,35,36). The zero-order chi connectivity index (χ0) is 27.4. The van der Waals surface area contributed by atoms with E-state index in [0.29, 0.717) is 5.56 Å². The predicted molar refractivity (Wildman–Crippen MR) is 148 cm³/mol. The maximum Gasteiger partial charge on any atom is 0.307 e. The Kier molecular flexibility index (Phi) is 8.57. The lowest BCUT2D eigenvalue weighted by molar-refractivity contribution is -0.136. The number of ketones is 1. The summed E-state index contributed by atoms with van der Waals surface area (Å²) < 4.78 is 5.89. The van der Waals surface area contributed by atoms with Gasteiger partial charge in [0.2, 0.25) is 0 Å². The largest absolute Gasteiger partial charge is 0.486 e. The van der Waals surface area contributed by atoms with Gasteiger partial charge in [-0.25, -0.2) is 0 Å². The Bertz CT molecular complexity index is 1280. The number of rotatable bonds is 10. The Morgan fingerprint density at radius 2 is 1.51 bits per heavy atom. The highest BCUT2D eigenvalue weighted by atomic mass is 16.5. The molecule has 1 aromatic heterocycles. The summed E-state index contributed by atoms with van der Waals surface area (Å²) in [6, 6.07) is 14.7. The first-order chi connectivity index (χ1) is 17.4. The zero-order valence-electron chi connectivity index (χ0n) is 23.1. The average molecular weight is 502 g/mol. The van der Waals surface area contributed by atoms with E-state index < -0.39 is 11.4 Å². The zero-order valence-corrected chi connectivity index (χ0v) is 23.1. The van der Waals surface area contributed by atoms with Crippen LogP contribution in [0.4, 0.5) is 0 Å². The Morgan fingerprint density at radius 1 is 0.892 bits per heavy atom. The Morgan fingerprint density at radius 3 is 2.05 bits per heavy atom. The summed E-state index contributed by atoms with van der Waals surface area (Å²) in [6.07, 6.45) is 5.21. The fourth-order valence-corrected chi connectivity index (χ4v) is 4.89. The molecule has 37 heavy (non-hydrogen) atoms. The lowest BCUT2D eigenvalue weighted by Gasteiger charge is -2.34. The highest BCUT2D eigenvalue weighted by Crippen LogP contribution is 2.41. The summed E-state index contributed by atoms with van der Waals surface area (Å²) >= 11 is 0. The van der Waals surface area contributed by atoms with Gasteiger partial charge in [-0.15, -0.1) is 0 Å². The summed E-state index contributed by atoms with van der Waals surface area (Å²) in [7, 11) is 0. The van der Waals surface area contributed by atoms with Crippen LogP contribution in [0.5, 0.6) is 5.75 Å². The molecule has 0 aliphatic rings. The number of benzene rings is 2. The molecule has 5 heteroatoms. The van der Waals surface area contributed by atoms with Crippen molar-refractivity contribution in [3.05, 3.63) is 82.7 Å². The lowest BCUT2D eigenvalue weighted by Crippen LogP contribution is -2.27. The van der Waals surface area contributed by atoms with Crippen LogP contribution >= 0.6 is 0 Å². The number of nitrogens with zero attached hydrogens (tertiary/aromatic N) is 1. The van der Waals surface area contributed by atoms with E-state index in [1.807, 2.05) is 39.8 Å². The molecule has 196 valence electrons. The molecule has 3 rings (SSSR count). The van der Waals surface area contributed by atoms with Gasteiger partial charge in [-0.1, -0.05) is 65.0 Å². The van der Waals surface area contributed by atoms with E-state index in [4.69, 9.17) is 9.84 Å². The van der Waals surface area contributed by atoms with Crippen molar-refractivity contribution in [2.45, 2.75) is 73.1 Å². The molecule has 1 N–H and O–H groups in total. The molecular formula is C32H39NO4. The fraction of sp³-hybridized carbons (Fsp3) is 0.406. The summed E-state index contributed by atoms with van der Waals surface area (Å²) in [4.78, 5) is 27.7. The molecule has 3 aromatic rings. The molecule has 0 radical (unpaired) electrons. The van der Waals surface area contributed by atoms with Crippen LogP contribution in [0.1, 0.15) is 75.3 Å². The van der Waals surface area contributed by atoms with E-state index in [1.54, 1.807) is 12.4 Å². The summed E-state index contributed by atoms with van der Waals surface area (Å²) in [5.41, 5.74) is 6.66. The van der Waals surface area contributed by atoms with E-state index in [1.165, 1.54) is 11.1 Å². The quantitative estimate of drug-likeness (QED) is 0.321. The number of carboxylic acid groups (broad SMARTS) is 1. The SMILES string of the molecule is CCC(CC)(c1ccc(OCC(=O)C(C)(C)C)c(C)c1)c1ccc(-c2cncc(CC(=O)O)c2)c(C)c1. The van der Waals surface area contributed by atoms with Gasteiger partial charge in [-0.05, 0) is 72.2 Å². The number of carbonyl (C=O) groups is 2. The summed E-state index contributed by atoms with van der Waals surface area (Å²) in [6.45, 7) is 14.3. The number of pyridine rings is 1. The maximum absolute atomic E-state index is 12.3. The number of hydrogen-bond donors (Lipinski definition) is 1. The Balaban J connectivity index is 1.94. The first-order valence-corrected chi connectivity index (χ1v) is 13.0. The van der Waals surface area contributed by atoms with Crippen molar-refractivity contribution < 1.29 is 19.4 Å². The lowest BCUT2D eigenvalue weighted by atomic mass is 9.69. The van der Waals surface area contributed by atoms with Crippen LogP contribution in [0.15, 0.2) is 54.9 Å². The number of hydrogen-bond acceptors (Lipinski definition) is 4. The van der Waals surface area contributed by atoms with Crippen molar-refractivity contribution in [3.8, 4) is 16.9 Å². The van der Waals surface area contributed by atoms with Crippen LogP contribution in [0.2, 0.25) is 0 Å². The highest BCUT2D eigenvalue weighted by Gasteiger charge is 2.31. The number of aromatic nitrogens is 1. The molecule has 5 nitrogen and oxygen atoms in total. The van der Waals surface area contributed by atoms with Crippen LogP contribution in [0, 0.1) is 19.3 Å². The van der Waals surface area contributed by atoms with Crippen molar-refractivity contribution in [3.63, 3.8) is 0 Å². The minimum absolute atomic E-state index is 0.0455. The molecule has 0 spiro atoms.